The SMILES string of the molecule is CCOc1cccn2c(C(=O)N[C@H]3CCCN(Cc4ccc(C(=O)OC)cc4)C3)c(C)nc12. The zero-order valence-corrected chi connectivity index (χ0v) is 19.3. The highest BCUT2D eigenvalue weighted by molar-refractivity contribution is 5.95. The van der Waals surface area contributed by atoms with E-state index in [1.54, 1.807) is 16.5 Å². The molecule has 174 valence electrons. The van der Waals surface area contributed by atoms with Crippen LogP contribution in [0, 0.1) is 6.92 Å². The average molecular weight is 451 g/mol. The number of pyridine rings is 1. The number of nitrogens with one attached hydrogen (secondary N) is 1. The van der Waals surface area contributed by atoms with Crippen LogP contribution in [0.1, 0.15) is 51.9 Å². The highest BCUT2D eigenvalue weighted by Crippen LogP contribution is 2.22. The van der Waals surface area contributed by atoms with Crippen LogP contribution in [-0.2, 0) is 11.3 Å². The number of likely N-dealkylation sites (tertiary alicyclic amines) is 1. The summed E-state index contributed by atoms with van der Waals surface area (Å²) in [6.45, 7) is 6.82. The van der Waals surface area contributed by atoms with Crippen molar-refractivity contribution in [1.82, 2.24) is 19.6 Å². The van der Waals surface area contributed by atoms with E-state index in [-0.39, 0.29) is 17.9 Å². The Balaban J connectivity index is 1.42. The minimum atomic E-state index is -0.335. The monoisotopic (exact) mass is 450 g/mol. The molecule has 1 aliphatic heterocycles. The van der Waals surface area contributed by atoms with Crippen LogP contribution in [-0.4, -0.2) is 59.0 Å². The molecule has 0 saturated carbocycles. The lowest BCUT2D eigenvalue weighted by Crippen LogP contribution is -2.47. The van der Waals surface area contributed by atoms with E-state index in [0.717, 1.165) is 38.0 Å². The number of nitrogens with zero attached hydrogens (tertiary/aromatic N) is 3. The number of benzene rings is 1. The third-order valence-electron chi connectivity index (χ3n) is 5.93. The summed E-state index contributed by atoms with van der Waals surface area (Å²) in [7, 11) is 1.38. The van der Waals surface area contributed by atoms with Crippen molar-refractivity contribution >= 4 is 17.5 Å². The lowest BCUT2D eigenvalue weighted by molar-refractivity contribution is 0.0600. The summed E-state index contributed by atoms with van der Waals surface area (Å²) in [5.74, 6) is 0.213. The molecule has 8 heteroatoms. The predicted octanol–water partition coefficient (Wildman–Crippen LogP) is 3.22. The number of aryl methyl sites for hydroxylation is 1. The lowest BCUT2D eigenvalue weighted by atomic mass is 10.0. The fourth-order valence-electron chi connectivity index (χ4n) is 4.39. The molecular formula is C25H30N4O4. The molecule has 0 radical (unpaired) electrons. The van der Waals surface area contributed by atoms with Gasteiger partial charge in [0, 0.05) is 25.3 Å². The number of ether oxygens (including phenoxy) is 2. The smallest absolute Gasteiger partial charge is 0.337 e. The van der Waals surface area contributed by atoms with Crippen LogP contribution < -0.4 is 10.1 Å². The van der Waals surface area contributed by atoms with Crippen molar-refractivity contribution in [2.24, 2.45) is 0 Å². The number of imidazole rings is 1. The summed E-state index contributed by atoms with van der Waals surface area (Å²) in [6, 6.07) is 11.3. The number of hydrogen-bond donors (Lipinski definition) is 1. The summed E-state index contributed by atoms with van der Waals surface area (Å²) < 4.78 is 12.2. The molecule has 0 bridgehead atoms. The van der Waals surface area contributed by atoms with E-state index >= 15 is 0 Å². The number of fused-ring (bicyclic) bond motifs is 1. The van der Waals surface area contributed by atoms with Crippen molar-refractivity contribution in [3.63, 3.8) is 0 Å². The summed E-state index contributed by atoms with van der Waals surface area (Å²) >= 11 is 0. The molecule has 8 nitrogen and oxygen atoms in total. The van der Waals surface area contributed by atoms with Gasteiger partial charge in [-0.05, 0) is 63.1 Å². The van der Waals surface area contributed by atoms with Gasteiger partial charge in [-0.15, -0.1) is 0 Å². The van der Waals surface area contributed by atoms with E-state index in [9.17, 15) is 9.59 Å². The molecule has 4 rings (SSSR count). The number of rotatable bonds is 7. The van der Waals surface area contributed by atoms with Gasteiger partial charge < -0.3 is 14.8 Å². The molecule has 1 N–H and O–H groups in total. The Hall–Kier alpha value is -3.39. The number of esters is 1. The van der Waals surface area contributed by atoms with E-state index in [1.165, 1.54) is 7.11 Å². The van der Waals surface area contributed by atoms with Crippen molar-refractivity contribution in [2.75, 3.05) is 26.8 Å². The first-order valence-electron chi connectivity index (χ1n) is 11.3. The lowest BCUT2D eigenvalue weighted by Gasteiger charge is -2.33. The van der Waals surface area contributed by atoms with Crippen LogP contribution in [0.15, 0.2) is 42.6 Å². The largest absolute Gasteiger partial charge is 0.490 e. The van der Waals surface area contributed by atoms with Crippen molar-refractivity contribution in [3.05, 3.63) is 65.1 Å². The maximum atomic E-state index is 13.2. The van der Waals surface area contributed by atoms with Gasteiger partial charge in [0.2, 0.25) is 0 Å². The molecule has 0 spiro atoms. The van der Waals surface area contributed by atoms with E-state index in [2.05, 4.69) is 15.2 Å². The number of carbonyl (C=O) groups excluding carboxylic acids is 2. The summed E-state index contributed by atoms with van der Waals surface area (Å²) in [5, 5.41) is 3.21. The standard InChI is InChI=1S/C25H30N4O4/c1-4-33-21-8-6-14-29-22(17(2)26-23(21)29)24(30)27-20-7-5-13-28(16-20)15-18-9-11-19(12-10-18)25(31)32-3/h6,8-12,14,20H,4-5,7,13,15-16H2,1-3H3,(H,27,30)/t20-/m0/s1. The second-order valence-electron chi connectivity index (χ2n) is 8.28. The second-order valence-corrected chi connectivity index (χ2v) is 8.28. The highest BCUT2D eigenvalue weighted by atomic mass is 16.5. The Morgan fingerprint density at radius 2 is 2.00 bits per heavy atom. The molecule has 3 heterocycles. The van der Waals surface area contributed by atoms with Gasteiger partial charge in [0.05, 0.1) is 25.0 Å². The fraction of sp³-hybridized carbons (Fsp3) is 0.400. The van der Waals surface area contributed by atoms with Gasteiger partial charge in [0.15, 0.2) is 11.4 Å². The number of hydrogen-bond acceptors (Lipinski definition) is 6. The number of piperidine rings is 1. The van der Waals surface area contributed by atoms with E-state index < -0.39 is 0 Å². The molecule has 0 aliphatic carbocycles. The zero-order valence-electron chi connectivity index (χ0n) is 19.3. The van der Waals surface area contributed by atoms with Crippen LogP contribution in [0.3, 0.4) is 0 Å². The fourth-order valence-corrected chi connectivity index (χ4v) is 4.39. The normalized spacial score (nSPS) is 16.5. The Morgan fingerprint density at radius 3 is 2.73 bits per heavy atom. The second kappa shape index (κ2) is 10.0. The van der Waals surface area contributed by atoms with Gasteiger partial charge in [0.25, 0.3) is 5.91 Å². The number of amides is 1. The van der Waals surface area contributed by atoms with Crippen molar-refractivity contribution in [1.29, 1.82) is 0 Å². The number of carbonyl (C=O) groups is 2. The van der Waals surface area contributed by atoms with Gasteiger partial charge in [-0.3, -0.25) is 14.1 Å². The first-order valence-corrected chi connectivity index (χ1v) is 11.3. The maximum Gasteiger partial charge on any atom is 0.337 e. The average Bonchev–Trinajstić information content (AvgIpc) is 3.16. The minimum absolute atomic E-state index is 0.0561. The van der Waals surface area contributed by atoms with Gasteiger partial charge >= 0.3 is 5.97 Å². The molecule has 1 amide bonds. The Bertz CT molecular complexity index is 1140. The zero-order chi connectivity index (χ0) is 23.4. The van der Waals surface area contributed by atoms with E-state index in [1.807, 2.05) is 44.3 Å². The van der Waals surface area contributed by atoms with Crippen molar-refractivity contribution < 1.29 is 19.1 Å². The molecule has 1 aliphatic rings. The van der Waals surface area contributed by atoms with Gasteiger partial charge in [-0.25, -0.2) is 9.78 Å². The Kier molecular flexibility index (Phi) is 6.93. The molecule has 1 fully saturated rings. The first kappa shape index (κ1) is 22.8. The van der Waals surface area contributed by atoms with Crippen LogP contribution in [0.5, 0.6) is 5.75 Å². The van der Waals surface area contributed by atoms with Crippen LogP contribution in [0.2, 0.25) is 0 Å². The van der Waals surface area contributed by atoms with Crippen molar-refractivity contribution in [2.45, 2.75) is 39.3 Å². The van der Waals surface area contributed by atoms with Gasteiger partial charge in [-0.2, -0.15) is 0 Å². The highest BCUT2D eigenvalue weighted by Gasteiger charge is 2.25. The predicted molar refractivity (Wildman–Crippen MR) is 125 cm³/mol. The Morgan fingerprint density at radius 1 is 1.21 bits per heavy atom. The number of methoxy groups -OCH3 is 1. The quantitative estimate of drug-likeness (QED) is 0.557. The number of aromatic nitrogens is 2. The summed E-state index contributed by atoms with van der Waals surface area (Å²) in [6.07, 6.45) is 3.78. The molecule has 1 atom stereocenters. The van der Waals surface area contributed by atoms with Gasteiger partial charge in [-0.1, -0.05) is 12.1 Å². The van der Waals surface area contributed by atoms with E-state index in [4.69, 9.17) is 9.47 Å². The van der Waals surface area contributed by atoms with Gasteiger partial charge in [0.1, 0.15) is 5.69 Å². The van der Waals surface area contributed by atoms with Crippen LogP contribution >= 0.6 is 0 Å². The topological polar surface area (TPSA) is 85.2 Å². The minimum Gasteiger partial charge on any atom is -0.490 e. The van der Waals surface area contributed by atoms with Crippen molar-refractivity contribution in [3.8, 4) is 5.75 Å². The molecule has 33 heavy (non-hydrogen) atoms. The first-order chi connectivity index (χ1) is 16.0. The molecular weight excluding hydrogens is 420 g/mol. The molecule has 1 aromatic carbocycles. The molecule has 0 unspecified atom stereocenters. The maximum absolute atomic E-state index is 13.2. The summed E-state index contributed by atoms with van der Waals surface area (Å²) in [4.78, 5) is 31.7. The van der Waals surface area contributed by atoms with Crippen LogP contribution in [0.4, 0.5) is 0 Å². The van der Waals surface area contributed by atoms with Crippen LogP contribution in [0.25, 0.3) is 5.65 Å². The third kappa shape index (κ3) is 5.01. The molecule has 3 aromatic rings. The van der Waals surface area contributed by atoms with E-state index in [0.29, 0.717) is 35.0 Å². The summed E-state index contributed by atoms with van der Waals surface area (Å²) in [5.41, 5.74) is 3.54. The third-order valence-corrected chi connectivity index (χ3v) is 5.93. The molecule has 2 aromatic heterocycles. The Labute approximate surface area is 193 Å². The molecule has 1 saturated heterocycles.